The molecular formula is C17H19N7O2. The SMILES string of the molecule is COc1cccc(CNC(=O)C2CN(c3ncnc4c3nnn4C)C2)c1. The Hall–Kier alpha value is -3.23. The molecule has 1 aliphatic rings. The van der Waals surface area contributed by atoms with Crippen LogP contribution in [0, 0.1) is 5.92 Å². The minimum atomic E-state index is -0.0673. The van der Waals surface area contributed by atoms with Crippen LogP contribution in [0.5, 0.6) is 5.75 Å². The van der Waals surface area contributed by atoms with Gasteiger partial charge < -0.3 is 15.0 Å². The summed E-state index contributed by atoms with van der Waals surface area (Å²) in [5.74, 6) is 1.47. The predicted octanol–water partition coefficient (Wildman–Crippen LogP) is 0.519. The molecule has 0 bridgehead atoms. The van der Waals surface area contributed by atoms with E-state index in [2.05, 4.69) is 25.6 Å². The van der Waals surface area contributed by atoms with E-state index in [-0.39, 0.29) is 11.8 Å². The molecule has 3 aromatic rings. The van der Waals surface area contributed by atoms with Gasteiger partial charge in [0.25, 0.3) is 0 Å². The summed E-state index contributed by atoms with van der Waals surface area (Å²) in [6.07, 6.45) is 1.50. The first-order valence-electron chi connectivity index (χ1n) is 8.31. The number of carbonyl (C=O) groups is 1. The van der Waals surface area contributed by atoms with Gasteiger partial charge in [-0.25, -0.2) is 14.6 Å². The molecule has 0 saturated carbocycles. The molecule has 0 aliphatic carbocycles. The van der Waals surface area contributed by atoms with E-state index in [9.17, 15) is 4.79 Å². The van der Waals surface area contributed by atoms with Crippen LogP contribution in [0.3, 0.4) is 0 Å². The summed E-state index contributed by atoms with van der Waals surface area (Å²) in [7, 11) is 3.42. The number of fused-ring (bicyclic) bond motifs is 1. The van der Waals surface area contributed by atoms with Gasteiger partial charge in [-0.3, -0.25) is 4.79 Å². The van der Waals surface area contributed by atoms with Crippen molar-refractivity contribution in [2.75, 3.05) is 25.1 Å². The monoisotopic (exact) mass is 353 g/mol. The van der Waals surface area contributed by atoms with Crippen LogP contribution in [0.25, 0.3) is 11.2 Å². The molecular weight excluding hydrogens is 334 g/mol. The van der Waals surface area contributed by atoms with Gasteiger partial charge in [0.15, 0.2) is 17.0 Å². The first-order valence-corrected chi connectivity index (χ1v) is 8.31. The lowest BCUT2D eigenvalue weighted by molar-refractivity contribution is -0.125. The second-order valence-electron chi connectivity index (χ2n) is 6.25. The van der Waals surface area contributed by atoms with Crippen molar-refractivity contribution in [1.82, 2.24) is 30.3 Å². The lowest BCUT2D eigenvalue weighted by Crippen LogP contribution is -2.54. The Bertz CT molecular complexity index is 949. The summed E-state index contributed by atoms with van der Waals surface area (Å²) < 4.78 is 6.81. The summed E-state index contributed by atoms with van der Waals surface area (Å²) in [4.78, 5) is 22.9. The van der Waals surface area contributed by atoms with E-state index >= 15 is 0 Å². The van der Waals surface area contributed by atoms with Crippen molar-refractivity contribution in [3.8, 4) is 5.75 Å². The number of hydrogen-bond donors (Lipinski definition) is 1. The summed E-state index contributed by atoms with van der Waals surface area (Å²) in [6.45, 7) is 1.69. The highest BCUT2D eigenvalue weighted by Gasteiger charge is 2.34. The second kappa shape index (κ2) is 6.58. The third-order valence-corrected chi connectivity index (χ3v) is 4.52. The molecule has 4 rings (SSSR count). The Morgan fingerprint density at radius 1 is 1.35 bits per heavy atom. The van der Waals surface area contributed by atoms with E-state index < -0.39 is 0 Å². The van der Waals surface area contributed by atoms with Crippen LogP contribution in [0.2, 0.25) is 0 Å². The van der Waals surface area contributed by atoms with E-state index in [1.54, 1.807) is 18.8 Å². The molecule has 1 amide bonds. The van der Waals surface area contributed by atoms with Gasteiger partial charge in [-0.1, -0.05) is 17.3 Å². The van der Waals surface area contributed by atoms with Crippen LogP contribution < -0.4 is 15.0 Å². The number of aromatic nitrogens is 5. The highest BCUT2D eigenvalue weighted by atomic mass is 16.5. The van der Waals surface area contributed by atoms with Crippen molar-refractivity contribution in [1.29, 1.82) is 0 Å². The number of rotatable bonds is 5. The molecule has 1 saturated heterocycles. The van der Waals surface area contributed by atoms with E-state index in [0.717, 1.165) is 17.1 Å². The first kappa shape index (κ1) is 16.2. The van der Waals surface area contributed by atoms with Gasteiger partial charge in [-0.15, -0.1) is 5.10 Å². The fourth-order valence-corrected chi connectivity index (χ4v) is 3.01. The summed E-state index contributed by atoms with van der Waals surface area (Å²) in [5, 5.41) is 11.1. The number of hydrogen-bond acceptors (Lipinski definition) is 7. The standard InChI is InChI=1S/C17H19N7O2/c1-23-15-14(21-22-23)16(20-10-19-15)24-8-12(9-24)17(25)18-7-11-4-3-5-13(6-11)26-2/h3-6,10,12H,7-9H2,1-2H3,(H,18,25). The number of nitrogens with one attached hydrogen (secondary N) is 1. The van der Waals surface area contributed by atoms with Gasteiger partial charge in [0.05, 0.1) is 13.0 Å². The number of nitrogens with zero attached hydrogens (tertiary/aromatic N) is 6. The predicted molar refractivity (Wildman–Crippen MR) is 94.6 cm³/mol. The Morgan fingerprint density at radius 3 is 3.00 bits per heavy atom. The van der Waals surface area contributed by atoms with Crippen molar-refractivity contribution in [3.05, 3.63) is 36.2 Å². The highest BCUT2D eigenvalue weighted by molar-refractivity contribution is 5.86. The maximum atomic E-state index is 12.4. The number of aryl methyl sites for hydroxylation is 1. The summed E-state index contributed by atoms with van der Waals surface area (Å²) in [5.41, 5.74) is 2.34. The maximum absolute atomic E-state index is 12.4. The molecule has 3 heterocycles. The smallest absolute Gasteiger partial charge is 0.226 e. The molecule has 0 radical (unpaired) electrons. The summed E-state index contributed by atoms with van der Waals surface area (Å²) >= 11 is 0. The molecule has 1 fully saturated rings. The Morgan fingerprint density at radius 2 is 2.19 bits per heavy atom. The van der Waals surface area contributed by atoms with Crippen LogP contribution in [-0.2, 0) is 18.4 Å². The minimum Gasteiger partial charge on any atom is -0.497 e. The highest BCUT2D eigenvalue weighted by Crippen LogP contribution is 2.27. The van der Waals surface area contributed by atoms with Crippen molar-refractivity contribution >= 4 is 22.9 Å². The van der Waals surface area contributed by atoms with Gasteiger partial charge in [0.1, 0.15) is 12.1 Å². The molecule has 0 spiro atoms. The lowest BCUT2D eigenvalue weighted by atomic mass is 9.99. The molecule has 26 heavy (non-hydrogen) atoms. The number of carbonyl (C=O) groups excluding carboxylic acids is 1. The summed E-state index contributed by atoms with van der Waals surface area (Å²) in [6, 6.07) is 7.66. The normalized spacial score (nSPS) is 14.3. The van der Waals surface area contributed by atoms with Crippen molar-refractivity contribution in [2.45, 2.75) is 6.54 Å². The third kappa shape index (κ3) is 2.92. The van der Waals surface area contributed by atoms with Gasteiger partial charge in [-0.05, 0) is 17.7 Å². The molecule has 9 heteroatoms. The topological polar surface area (TPSA) is 98.1 Å². The number of methoxy groups -OCH3 is 1. The minimum absolute atomic E-state index is 0.0357. The first-order chi connectivity index (χ1) is 12.7. The number of amides is 1. The molecule has 1 N–H and O–H groups in total. The second-order valence-corrected chi connectivity index (χ2v) is 6.25. The van der Waals surface area contributed by atoms with Crippen molar-refractivity contribution in [2.24, 2.45) is 13.0 Å². The Kier molecular flexibility index (Phi) is 4.11. The van der Waals surface area contributed by atoms with E-state index in [4.69, 9.17) is 4.74 Å². The molecule has 1 aliphatic heterocycles. The number of anilines is 1. The molecule has 1 aromatic carbocycles. The largest absolute Gasteiger partial charge is 0.497 e. The molecule has 0 atom stereocenters. The number of ether oxygens (including phenoxy) is 1. The van der Waals surface area contributed by atoms with Crippen LogP contribution >= 0.6 is 0 Å². The van der Waals surface area contributed by atoms with Crippen LogP contribution in [0.15, 0.2) is 30.6 Å². The molecule has 9 nitrogen and oxygen atoms in total. The zero-order chi connectivity index (χ0) is 18.1. The molecule has 0 unspecified atom stereocenters. The van der Waals surface area contributed by atoms with Crippen LogP contribution in [0.1, 0.15) is 5.56 Å². The quantitative estimate of drug-likeness (QED) is 0.714. The Labute approximate surface area is 150 Å². The van der Waals surface area contributed by atoms with E-state index in [1.165, 1.54) is 6.33 Å². The fraction of sp³-hybridized carbons (Fsp3) is 0.353. The lowest BCUT2D eigenvalue weighted by Gasteiger charge is -2.38. The average molecular weight is 353 g/mol. The zero-order valence-electron chi connectivity index (χ0n) is 14.6. The number of benzene rings is 1. The van der Waals surface area contributed by atoms with Gasteiger partial charge >= 0.3 is 0 Å². The molecule has 134 valence electrons. The van der Waals surface area contributed by atoms with Crippen molar-refractivity contribution in [3.63, 3.8) is 0 Å². The van der Waals surface area contributed by atoms with Crippen molar-refractivity contribution < 1.29 is 9.53 Å². The fourth-order valence-electron chi connectivity index (χ4n) is 3.01. The zero-order valence-corrected chi connectivity index (χ0v) is 14.6. The van der Waals surface area contributed by atoms with Gasteiger partial charge in [0.2, 0.25) is 5.91 Å². The van der Waals surface area contributed by atoms with Gasteiger partial charge in [0, 0.05) is 26.7 Å². The average Bonchev–Trinajstić information content (AvgIpc) is 3.01. The maximum Gasteiger partial charge on any atom is 0.226 e. The van der Waals surface area contributed by atoms with E-state index in [0.29, 0.717) is 30.8 Å². The van der Waals surface area contributed by atoms with Gasteiger partial charge in [-0.2, -0.15) is 0 Å². The van der Waals surface area contributed by atoms with Crippen LogP contribution in [-0.4, -0.2) is 51.1 Å². The third-order valence-electron chi connectivity index (χ3n) is 4.52. The molecule has 2 aromatic heterocycles. The Balaban J connectivity index is 1.36. The van der Waals surface area contributed by atoms with Crippen LogP contribution in [0.4, 0.5) is 5.82 Å². The van der Waals surface area contributed by atoms with E-state index in [1.807, 2.05) is 29.2 Å².